The molecule has 0 saturated heterocycles. The van der Waals surface area contributed by atoms with E-state index in [0.717, 1.165) is 18.5 Å². The van der Waals surface area contributed by atoms with Crippen LogP contribution in [-0.4, -0.2) is 32.0 Å². The number of rotatable bonds is 11. The fraction of sp³-hybridized carbons (Fsp3) is 0.161. The lowest BCUT2D eigenvalue weighted by molar-refractivity contribution is -0.114. The monoisotopic (exact) mass is 493 g/mol. The first-order valence-electron chi connectivity index (χ1n) is 12.3. The lowest BCUT2D eigenvalue weighted by atomic mass is 10.1. The molecular weight excluding hydrogens is 462 g/mol. The van der Waals surface area contributed by atoms with Gasteiger partial charge in [-0.15, -0.1) is 0 Å². The molecule has 0 aliphatic carbocycles. The first-order chi connectivity index (χ1) is 18.1. The van der Waals surface area contributed by atoms with Gasteiger partial charge in [-0.1, -0.05) is 60.7 Å². The second kappa shape index (κ2) is 12.9. The normalized spacial score (nSPS) is 10.4. The number of amides is 2. The average molecular weight is 494 g/mol. The number of hydrogen-bond donors (Lipinski definition) is 2. The van der Waals surface area contributed by atoms with Gasteiger partial charge in [0.15, 0.2) is 0 Å². The Balaban J connectivity index is 1.25. The van der Waals surface area contributed by atoms with Crippen LogP contribution >= 0.6 is 0 Å². The molecule has 0 aromatic heterocycles. The van der Waals surface area contributed by atoms with Crippen molar-refractivity contribution in [3.05, 3.63) is 120 Å². The van der Waals surface area contributed by atoms with E-state index in [2.05, 4.69) is 22.8 Å². The Morgan fingerprint density at radius 1 is 0.784 bits per heavy atom. The summed E-state index contributed by atoms with van der Waals surface area (Å²) < 4.78 is 5.86. The van der Waals surface area contributed by atoms with Gasteiger partial charge < -0.3 is 20.3 Å². The Bertz CT molecular complexity index is 1310. The summed E-state index contributed by atoms with van der Waals surface area (Å²) in [6, 6.07) is 34.3. The maximum atomic E-state index is 12.9. The van der Waals surface area contributed by atoms with Crippen molar-refractivity contribution in [2.24, 2.45) is 0 Å². The standard InChI is InChI=1S/C31H31N3O3/c1-34(28-17-6-3-7-18-28)31(36)25-14-8-15-26(21-25)32-23-30(35)33-27-16-9-19-29(22-27)37-20-10-13-24-11-4-2-5-12-24/h2-9,11-12,14-19,21-22,32H,10,13,20,23H2,1H3,(H,33,35). The molecule has 6 heteroatoms. The van der Waals surface area contributed by atoms with Gasteiger partial charge in [0.2, 0.25) is 5.91 Å². The van der Waals surface area contributed by atoms with Crippen molar-refractivity contribution in [3.8, 4) is 5.75 Å². The van der Waals surface area contributed by atoms with Crippen molar-refractivity contribution in [3.63, 3.8) is 0 Å². The van der Waals surface area contributed by atoms with E-state index in [9.17, 15) is 9.59 Å². The lowest BCUT2D eigenvalue weighted by Gasteiger charge is -2.18. The van der Waals surface area contributed by atoms with E-state index in [1.54, 1.807) is 30.1 Å². The highest BCUT2D eigenvalue weighted by atomic mass is 16.5. The van der Waals surface area contributed by atoms with E-state index < -0.39 is 0 Å². The van der Waals surface area contributed by atoms with Crippen LogP contribution in [0.1, 0.15) is 22.3 Å². The van der Waals surface area contributed by atoms with Gasteiger partial charge in [-0.25, -0.2) is 0 Å². The first kappa shape index (κ1) is 25.5. The van der Waals surface area contributed by atoms with E-state index in [1.165, 1.54) is 5.56 Å². The molecule has 188 valence electrons. The molecule has 4 rings (SSSR count). The molecule has 0 saturated carbocycles. The van der Waals surface area contributed by atoms with Crippen LogP contribution in [0.2, 0.25) is 0 Å². The smallest absolute Gasteiger partial charge is 0.258 e. The van der Waals surface area contributed by atoms with Crippen molar-refractivity contribution in [2.75, 3.05) is 35.7 Å². The largest absolute Gasteiger partial charge is 0.494 e. The molecule has 4 aromatic rings. The first-order valence-corrected chi connectivity index (χ1v) is 12.3. The number of para-hydroxylation sites is 1. The molecule has 0 aliphatic heterocycles. The molecule has 37 heavy (non-hydrogen) atoms. The van der Waals surface area contributed by atoms with E-state index >= 15 is 0 Å². The van der Waals surface area contributed by atoms with Crippen LogP contribution in [0.5, 0.6) is 5.75 Å². The molecule has 0 radical (unpaired) electrons. The Kier molecular flexibility index (Phi) is 8.92. The predicted molar refractivity (Wildman–Crippen MR) is 149 cm³/mol. The number of nitrogens with zero attached hydrogens (tertiary/aromatic N) is 1. The molecule has 4 aromatic carbocycles. The molecule has 0 bridgehead atoms. The number of nitrogens with one attached hydrogen (secondary N) is 2. The Labute approximate surface area is 217 Å². The van der Waals surface area contributed by atoms with Crippen molar-refractivity contribution in [2.45, 2.75) is 12.8 Å². The van der Waals surface area contributed by atoms with Gasteiger partial charge in [0.1, 0.15) is 5.75 Å². The summed E-state index contributed by atoms with van der Waals surface area (Å²) in [6.45, 7) is 0.663. The summed E-state index contributed by atoms with van der Waals surface area (Å²) in [5.74, 6) is 0.395. The minimum absolute atomic E-state index is 0.0638. The summed E-state index contributed by atoms with van der Waals surface area (Å²) in [5.41, 5.74) is 4.00. The zero-order valence-corrected chi connectivity index (χ0v) is 20.9. The number of carbonyl (C=O) groups excluding carboxylic acids is 2. The van der Waals surface area contributed by atoms with Gasteiger partial charge in [-0.3, -0.25) is 9.59 Å². The molecule has 6 nitrogen and oxygen atoms in total. The van der Waals surface area contributed by atoms with Gasteiger partial charge in [0, 0.05) is 35.7 Å². The highest BCUT2D eigenvalue weighted by molar-refractivity contribution is 6.06. The summed E-state index contributed by atoms with van der Waals surface area (Å²) in [7, 11) is 1.74. The van der Waals surface area contributed by atoms with Crippen LogP contribution in [0.25, 0.3) is 0 Å². The Hall–Kier alpha value is -4.58. The van der Waals surface area contributed by atoms with Crippen LogP contribution in [-0.2, 0) is 11.2 Å². The highest BCUT2D eigenvalue weighted by Crippen LogP contribution is 2.19. The minimum Gasteiger partial charge on any atom is -0.494 e. The van der Waals surface area contributed by atoms with Gasteiger partial charge in [0.25, 0.3) is 5.91 Å². The molecule has 0 aliphatic rings. The van der Waals surface area contributed by atoms with Crippen LogP contribution < -0.4 is 20.3 Å². The van der Waals surface area contributed by atoms with Crippen molar-refractivity contribution in [1.82, 2.24) is 0 Å². The average Bonchev–Trinajstić information content (AvgIpc) is 2.95. The number of benzene rings is 4. The Morgan fingerprint density at radius 3 is 2.27 bits per heavy atom. The summed E-state index contributed by atoms with van der Waals surface area (Å²) >= 11 is 0. The SMILES string of the molecule is CN(C(=O)c1cccc(NCC(=O)Nc2cccc(OCCCc3ccccc3)c2)c1)c1ccccc1. The second-order valence-corrected chi connectivity index (χ2v) is 8.65. The zero-order valence-electron chi connectivity index (χ0n) is 20.9. The maximum Gasteiger partial charge on any atom is 0.258 e. The molecule has 2 amide bonds. The van der Waals surface area contributed by atoms with Gasteiger partial charge in [0.05, 0.1) is 13.2 Å². The van der Waals surface area contributed by atoms with E-state index in [1.807, 2.05) is 78.9 Å². The highest BCUT2D eigenvalue weighted by Gasteiger charge is 2.14. The third kappa shape index (κ3) is 7.70. The van der Waals surface area contributed by atoms with Gasteiger partial charge in [-0.05, 0) is 60.9 Å². The molecular formula is C31H31N3O3. The Morgan fingerprint density at radius 2 is 1.49 bits per heavy atom. The summed E-state index contributed by atoms with van der Waals surface area (Å²) in [5, 5.41) is 5.99. The quantitative estimate of drug-likeness (QED) is 0.251. The van der Waals surface area contributed by atoms with Crippen molar-refractivity contribution < 1.29 is 14.3 Å². The molecule has 0 spiro atoms. The number of anilines is 3. The fourth-order valence-corrected chi connectivity index (χ4v) is 3.89. The molecule has 0 unspecified atom stereocenters. The third-order valence-electron chi connectivity index (χ3n) is 5.85. The van der Waals surface area contributed by atoms with E-state index in [4.69, 9.17) is 4.74 Å². The predicted octanol–water partition coefficient (Wildman–Crippen LogP) is 6.03. The molecule has 0 atom stereocenters. The van der Waals surface area contributed by atoms with Crippen LogP contribution in [0.15, 0.2) is 109 Å². The van der Waals surface area contributed by atoms with Crippen LogP contribution in [0.3, 0.4) is 0 Å². The van der Waals surface area contributed by atoms with Crippen LogP contribution in [0.4, 0.5) is 17.1 Å². The van der Waals surface area contributed by atoms with Gasteiger partial charge >= 0.3 is 0 Å². The third-order valence-corrected chi connectivity index (χ3v) is 5.85. The lowest BCUT2D eigenvalue weighted by Crippen LogP contribution is -2.26. The van der Waals surface area contributed by atoms with Crippen LogP contribution in [0, 0.1) is 0 Å². The minimum atomic E-state index is -0.195. The maximum absolute atomic E-state index is 12.9. The zero-order chi connectivity index (χ0) is 25.9. The molecule has 0 heterocycles. The summed E-state index contributed by atoms with van der Waals surface area (Å²) in [4.78, 5) is 27.0. The molecule has 0 fully saturated rings. The number of ether oxygens (including phenoxy) is 1. The molecule has 2 N–H and O–H groups in total. The van der Waals surface area contributed by atoms with Crippen molar-refractivity contribution in [1.29, 1.82) is 0 Å². The number of aryl methyl sites for hydroxylation is 1. The van der Waals surface area contributed by atoms with E-state index in [0.29, 0.717) is 29.3 Å². The fourth-order valence-electron chi connectivity index (χ4n) is 3.89. The number of carbonyl (C=O) groups is 2. The number of hydrogen-bond acceptors (Lipinski definition) is 4. The van der Waals surface area contributed by atoms with E-state index in [-0.39, 0.29) is 18.4 Å². The summed E-state index contributed by atoms with van der Waals surface area (Å²) in [6.07, 6.45) is 1.87. The second-order valence-electron chi connectivity index (χ2n) is 8.65. The van der Waals surface area contributed by atoms with Crippen molar-refractivity contribution >= 4 is 28.9 Å². The topological polar surface area (TPSA) is 70.7 Å². The van der Waals surface area contributed by atoms with Gasteiger partial charge in [-0.2, -0.15) is 0 Å².